The summed E-state index contributed by atoms with van der Waals surface area (Å²) in [6, 6.07) is 4.30. The maximum absolute atomic E-state index is 5.95. The minimum atomic E-state index is 0.267. The first-order valence-electron chi connectivity index (χ1n) is 4.93. The topological polar surface area (TPSA) is 21.3 Å². The van der Waals surface area contributed by atoms with Gasteiger partial charge in [-0.1, -0.05) is 11.6 Å². The summed E-state index contributed by atoms with van der Waals surface area (Å²) in [6.07, 6.45) is 0.267. The van der Waals surface area contributed by atoms with Gasteiger partial charge in [-0.05, 0) is 19.2 Å². The molecule has 0 saturated carbocycles. The Morgan fingerprint density at radius 2 is 2.47 bits per heavy atom. The monoisotopic (exact) mass is 263 g/mol. The van der Waals surface area contributed by atoms with Crippen molar-refractivity contribution in [1.29, 1.82) is 0 Å². The van der Waals surface area contributed by atoms with E-state index in [-0.39, 0.29) is 12.1 Å². The lowest BCUT2D eigenvalue weighted by molar-refractivity contribution is 0.0497. The van der Waals surface area contributed by atoms with Crippen LogP contribution in [-0.2, 0) is 4.74 Å². The largest absolute Gasteiger partial charge is 0.374 e. The second kappa shape index (κ2) is 5.55. The average molecular weight is 264 g/mol. The molecule has 0 spiro atoms. The third-order valence-corrected chi connectivity index (χ3v) is 4.76. The van der Waals surface area contributed by atoms with Crippen molar-refractivity contribution in [2.24, 2.45) is 0 Å². The zero-order valence-electron chi connectivity index (χ0n) is 8.53. The minimum Gasteiger partial charge on any atom is -0.374 e. The summed E-state index contributed by atoms with van der Waals surface area (Å²) in [4.78, 5) is 1.26. The minimum absolute atomic E-state index is 0.267. The molecule has 84 valence electrons. The number of nitrogens with one attached hydrogen (secondary N) is 1. The molecule has 1 aliphatic heterocycles. The molecule has 2 rings (SSSR count). The normalized spacial score (nSPS) is 24.0. The van der Waals surface area contributed by atoms with Crippen LogP contribution >= 0.6 is 34.7 Å². The van der Waals surface area contributed by atoms with E-state index in [1.807, 2.05) is 24.9 Å². The first kappa shape index (κ1) is 11.7. The van der Waals surface area contributed by atoms with Gasteiger partial charge in [0.15, 0.2) is 0 Å². The van der Waals surface area contributed by atoms with E-state index < -0.39 is 0 Å². The second-order valence-electron chi connectivity index (χ2n) is 3.39. The van der Waals surface area contributed by atoms with Crippen molar-refractivity contribution in [3.63, 3.8) is 0 Å². The van der Waals surface area contributed by atoms with Gasteiger partial charge < -0.3 is 10.1 Å². The summed E-state index contributed by atoms with van der Waals surface area (Å²) in [5.41, 5.74) is 0. The third kappa shape index (κ3) is 2.88. The van der Waals surface area contributed by atoms with Gasteiger partial charge >= 0.3 is 0 Å². The average Bonchev–Trinajstić information content (AvgIpc) is 2.68. The Morgan fingerprint density at radius 1 is 1.60 bits per heavy atom. The van der Waals surface area contributed by atoms with Crippen LogP contribution in [0.15, 0.2) is 12.1 Å². The number of hydrogen-bond acceptors (Lipinski definition) is 4. The summed E-state index contributed by atoms with van der Waals surface area (Å²) < 4.78 is 6.62. The highest BCUT2D eigenvalue weighted by molar-refractivity contribution is 7.99. The van der Waals surface area contributed by atoms with Gasteiger partial charge in [0.2, 0.25) is 0 Å². The van der Waals surface area contributed by atoms with Crippen molar-refractivity contribution in [3.8, 4) is 0 Å². The lowest BCUT2D eigenvalue weighted by atomic mass is 10.1. The fourth-order valence-corrected chi connectivity index (χ4v) is 3.83. The van der Waals surface area contributed by atoms with E-state index in [0.29, 0.717) is 0 Å². The highest BCUT2D eigenvalue weighted by Gasteiger charge is 2.26. The van der Waals surface area contributed by atoms with Gasteiger partial charge in [-0.25, -0.2) is 0 Å². The molecule has 1 aromatic heterocycles. The number of rotatable bonds is 3. The molecule has 1 saturated heterocycles. The van der Waals surface area contributed by atoms with Crippen LogP contribution in [0.25, 0.3) is 0 Å². The van der Waals surface area contributed by atoms with Crippen molar-refractivity contribution in [2.45, 2.75) is 12.1 Å². The quantitative estimate of drug-likeness (QED) is 0.906. The van der Waals surface area contributed by atoms with Gasteiger partial charge in [0.05, 0.1) is 23.1 Å². The molecule has 1 aliphatic rings. The fraction of sp³-hybridized carbons (Fsp3) is 0.600. The first-order chi connectivity index (χ1) is 7.31. The Morgan fingerprint density at radius 3 is 3.00 bits per heavy atom. The Labute approximate surface area is 103 Å². The third-order valence-electron chi connectivity index (χ3n) is 2.43. The van der Waals surface area contributed by atoms with E-state index in [0.717, 1.165) is 22.4 Å². The summed E-state index contributed by atoms with van der Waals surface area (Å²) in [5, 5.41) is 3.31. The molecule has 2 atom stereocenters. The number of ether oxygens (including phenoxy) is 1. The zero-order valence-corrected chi connectivity index (χ0v) is 10.9. The smallest absolute Gasteiger partial charge is 0.0931 e. The van der Waals surface area contributed by atoms with Gasteiger partial charge in [-0.3, -0.25) is 0 Å². The molecule has 0 bridgehead atoms. The molecular formula is C10H14ClNOS2. The van der Waals surface area contributed by atoms with Gasteiger partial charge in [0.25, 0.3) is 0 Å². The molecule has 2 unspecified atom stereocenters. The van der Waals surface area contributed by atoms with Crippen molar-refractivity contribution in [2.75, 3.05) is 25.2 Å². The fourth-order valence-electron chi connectivity index (χ4n) is 1.71. The molecule has 1 N–H and O–H groups in total. The number of hydrogen-bond donors (Lipinski definition) is 1. The highest BCUT2D eigenvalue weighted by Crippen LogP contribution is 2.31. The van der Waals surface area contributed by atoms with E-state index >= 15 is 0 Å². The lowest BCUT2D eigenvalue weighted by Crippen LogP contribution is -2.36. The highest BCUT2D eigenvalue weighted by atomic mass is 35.5. The number of thiophene rings is 1. The van der Waals surface area contributed by atoms with Crippen molar-refractivity contribution >= 4 is 34.7 Å². The molecule has 0 aliphatic carbocycles. The Balaban J connectivity index is 2.08. The summed E-state index contributed by atoms with van der Waals surface area (Å²) in [6.45, 7) is 0.854. The van der Waals surface area contributed by atoms with Gasteiger partial charge in [0.1, 0.15) is 0 Å². The maximum Gasteiger partial charge on any atom is 0.0931 e. The molecule has 5 heteroatoms. The Hall–Kier alpha value is 0.260. The van der Waals surface area contributed by atoms with E-state index in [2.05, 4.69) is 11.4 Å². The SMILES string of the molecule is CNC(c1ccc(Cl)s1)C1CSCCO1. The van der Waals surface area contributed by atoms with Crippen molar-refractivity contribution in [3.05, 3.63) is 21.3 Å². The molecule has 15 heavy (non-hydrogen) atoms. The van der Waals surface area contributed by atoms with E-state index in [4.69, 9.17) is 16.3 Å². The molecule has 1 fully saturated rings. The maximum atomic E-state index is 5.95. The van der Waals surface area contributed by atoms with E-state index in [1.165, 1.54) is 4.88 Å². The standard InChI is InChI=1S/C10H14ClNOS2/c1-12-10(7-6-14-5-4-13-7)8-2-3-9(11)15-8/h2-3,7,10,12H,4-6H2,1H3. The van der Waals surface area contributed by atoms with Crippen LogP contribution in [0.3, 0.4) is 0 Å². The van der Waals surface area contributed by atoms with Crippen LogP contribution in [0, 0.1) is 0 Å². The molecular weight excluding hydrogens is 250 g/mol. The summed E-state index contributed by atoms with van der Waals surface area (Å²) >= 11 is 9.53. The van der Waals surface area contributed by atoms with Crippen LogP contribution < -0.4 is 5.32 Å². The molecule has 1 aromatic rings. The number of halogens is 1. The lowest BCUT2D eigenvalue weighted by Gasteiger charge is -2.29. The predicted octanol–water partition coefficient (Wildman–Crippen LogP) is 2.79. The van der Waals surface area contributed by atoms with Crippen LogP contribution in [0.2, 0.25) is 4.34 Å². The molecule has 2 heterocycles. The molecule has 0 amide bonds. The second-order valence-corrected chi connectivity index (χ2v) is 6.29. The van der Waals surface area contributed by atoms with Crippen LogP contribution in [0.4, 0.5) is 0 Å². The van der Waals surface area contributed by atoms with E-state index in [9.17, 15) is 0 Å². The van der Waals surface area contributed by atoms with Crippen LogP contribution in [-0.4, -0.2) is 31.3 Å². The van der Waals surface area contributed by atoms with E-state index in [1.54, 1.807) is 11.3 Å². The van der Waals surface area contributed by atoms with Gasteiger partial charge in [-0.2, -0.15) is 11.8 Å². The Kier molecular flexibility index (Phi) is 4.34. The molecule has 0 radical (unpaired) electrons. The van der Waals surface area contributed by atoms with Crippen molar-refractivity contribution < 1.29 is 4.74 Å². The predicted molar refractivity (Wildman–Crippen MR) is 68.2 cm³/mol. The molecule has 0 aromatic carbocycles. The Bertz CT molecular complexity index is 312. The summed E-state index contributed by atoms with van der Waals surface area (Å²) in [5.74, 6) is 2.17. The first-order valence-corrected chi connectivity index (χ1v) is 7.28. The number of likely N-dealkylation sites (N-methyl/N-ethyl adjacent to an activating group) is 1. The molecule has 2 nitrogen and oxygen atoms in total. The van der Waals surface area contributed by atoms with Crippen LogP contribution in [0.5, 0.6) is 0 Å². The zero-order chi connectivity index (χ0) is 10.7. The van der Waals surface area contributed by atoms with Crippen LogP contribution in [0.1, 0.15) is 10.9 Å². The number of thioether (sulfide) groups is 1. The van der Waals surface area contributed by atoms with Crippen molar-refractivity contribution in [1.82, 2.24) is 5.32 Å². The van der Waals surface area contributed by atoms with Gasteiger partial charge in [0, 0.05) is 16.4 Å². The van der Waals surface area contributed by atoms with Gasteiger partial charge in [-0.15, -0.1) is 11.3 Å². The summed E-state index contributed by atoms with van der Waals surface area (Å²) in [7, 11) is 1.97.